The lowest BCUT2D eigenvalue weighted by molar-refractivity contribution is -0.139. The standard InChI is InChI=1S/C45H32ClN3O5S/c1-3-54-43(53)35-24(2)47-44-49(39(35)27-18-12-14-25-13-4-5-15-26(25)27)40(50)34(55-44)23-45-30-19-8-6-16-28(30)36(29-17-7-9-20-31(29)45)37-38(45)42(52)48(41(37)51)33-22-11-10-21-32(33)46/h4-23,36-39H,3H2,1-2H3/b34-23+/t36?,37-,38-,39+,45?/m0/s1. The monoisotopic (exact) mass is 761 g/mol. The quantitative estimate of drug-likeness (QED) is 0.142. The average Bonchev–Trinajstić information content (AvgIpc) is 3.65. The van der Waals surface area contributed by atoms with E-state index >= 15 is 9.59 Å². The Bertz CT molecular complexity index is 2860. The summed E-state index contributed by atoms with van der Waals surface area (Å²) in [6.07, 6.45) is 1.91. The fourth-order valence-corrected chi connectivity index (χ4v) is 11.0. The molecule has 0 saturated carbocycles. The van der Waals surface area contributed by atoms with Crippen LogP contribution in [0.2, 0.25) is 5.02 Å². The van der Waals surface area contributed by atoms with Gasteiger partial charge in [0.25, 0.3) is 5.56 Å². The molecule has 6 aromatic rings. The molecule has 270 valence electrons. The Kier molecular flexibility index (Phi) is 7.53. The highest BCUT2D eigenvalue weighted by Gasteiger charge is 2.67. The van der Waals surface area contributed by atoms with Crippen molar-refractivity contribution in [2.75, 3.05) is 11.5 Å². The smallest absolute Gasteiger partial charge is 0.338 e. The van der Waals surface area contributed by atoms with E-state index in [-0.39, 0.29) is 35.5 Å². The molecule has 3 aliphatic carbocycles. The number of esters is 1. The lowest BCUT2D eigenvalue weighted by Crippen LogP contribution is -2.53. The van der Waals surface area contributed by atoms with E-state index in [9.17, 15) is 9.59 Å². The first-order valence-corrected chi connectivity index (χ1v) is 19.4. The molecule has 5 aliphatic rings. The number of benzene rings is 5. The van der Waals surface area contributed by atoms with Crippen molar-refractivity contribution in [3.8, 4) is 0 Å². The summed E-state index contributed by atoms with van der Waals surface area (Å²) in [6.45, 7) is 3.68. The van der Waals surface area contributed by atoms with Crippen LogP contribution in [0.25, 0.3) is 16.8 Å². The molecule has 55 heavy (non-hydrogen) atoms. The first kappa shape index (κ1) is 33.7. The van der Waals surface area contributed by atoms with Crippen molar-refractivity contribution in [3.05, 3.63) is 179 Å². The maximum Gasteiger partial charge on any atom is 0.338 e. The number of halogens is 1. The number of carbonyl (C=O) groups excluding carboxylic acids is 3. The Morgan fingerprint density at radius 2 is 1.47 bits per heavy atom. The van der Waals surface area contributed by atoms with E-state index < -0.39 is 29.3 Å². The molecule has 3 heterocycles. The van der Waals surface area contributed by atoms with Crippen molar-refractivity contribution >= 4 is 63.3 Å². The van der Waals surface area contributed by atoms with Crippen LogP contribution in [-0.2, 0) is 24.5 Å². The summed E-state index contributed by atoms with van der Waals surface area (Å²) in [5.74, 6) is -3.21. The number of thiazole rings is 1. The molecule has 2 amide bonds. The van der Waals surface area contributed by atoms with Gasteiger partial charge in [-0.05, 0) is 70.6 Å². The average molecular weight is 762 g/mol. The number of allylic oxidation sites excluding steroid dienone is 1. The highest BCUT2D eigenvalue weighted by molar-refractivity contribution is 7.07. The zero-order valence-corrected chi connectivity index (χ0v) is 31.3. The third-order valence-electron chi connectivity index (χ3n) is 11.8. The molecule has 0 radical (unpaired) electrons. The van der Waals surface area contributed by atoms with Crippen molar-refractivity contribution in [1.29, 1.82) is 0 Å². The molecule has 5 aromatic carbocycles. The number of nitrogens with zero attached hydrogens (tertiary/aromatic N) is 3. The Hall–Kier alpha value is -5.90. The summed E-state index contributed by atoms with van der Waals surface area (Å²) in [6, 6.07) is 35.7. The number of imide groups is 1. The van der Waals surface area contributed by atoms with Crippen LogP contribution in [0.3, 0.4) is 0 Å². The largest absolute Gasteiger partial charge is 0.463 e. The van der Waals surface area contributed by atoms with Crippen LogP contribution in [0.5, 0.6) is 0 Å². The minimum atomic E-state index is -1.20. The number of rotatable bonds is 5. The van der Waals surface area contributed by atoms with Gasteiger partial charge in [-0.15, -0.1) is 0 Å². The molecule has 0 N–H and O–H groups in total. The number of carbonyl (C=O) groups is 3. The summed E-state index contributed by atoms with van der Waals surface area (Å²) < 4.78 is 7.52. The first-order chi connectivity index (χ1) is 26.8. The van der Waals surface area contributed by atoms with Crippen molar-refractivity contribution in [2.45, 2.75) is 31.2 Å². The number of anilines is 1. The Balaban J connectivity index is 1.27. The van der Waals surface area contributed by atoms with E-state index in [1.54, 1.807) is 42.7 Å². The SMILES string of the molecule is CCOC(=O)C1=C(C)N=c2s/c(=C/C34c5ccccc5C(c5ccccc53)[C@@H]3C(=O)N(c5ccccc5Cl)C(=O)[C@H]34)c(=O)n2[C@@H]1c1cccc2ccccc12. The number of hydrogen-bond donors (Lipinski definition) is 0. The van der Waals surface area contributed by atoms with Crippen LogP contribution in [0.15, 0.2) is 136 Å². The molecule has 8 nitrogen and oxygen atoms in total. The maximum atomic E-state index is 15.2. The van der Waals surface area contributed by atoms with E-state index in [1.807, 2.05) is 97.1 Å². The Labute approximate surface area is 324 Å². The second-order valence-corrected chi connectivity index (χ2v) is 15.8. The zero-order chi connectivity index (χ0) is 37.7. The van der Waals surface area contributed by atoms with E-state index in [0.29, 0.717) is 25.7 Å². The van der Waals surface area contributed by atoms with Gasteiger partial charge in [0.05, 0.1) is 56.4 Å². The number of aromatic nitrogens is 1. The predicted molar refractivity (Wildman–Crippen MR) is 212 cm³/mol. The Morgan fingerprint density at radius 3 is 2.20 bits per heavy atom. The number of amides is 2. The fraction of sp³-hybridized carbons (Fsp3) is 0.178. The maximum absolute atomic E-state index is 15.2. The molecular formula is C45H32ClN3O5S. The molecule has 0 unspecified atom stereocenters. The highest BCUT2D eigenvalue weighted by atomic mass is 35.5. The second kappa shape index (κ2) is 12.3. The third-order valence-corrected chi connectivity index (χ3v) is 13.1. The molecule has 2 bridgehead atoms. The van der Waals surface area contributed by atoms with Gasteiger partial charge in [-0.3, -0.25) is 19.0 Å². The second-order valence-electron chi connectivity index (χ2n) is 14.4. The van der Waals surface area contributed by atoms with Crippen LogP contribution in [0.4, 0.5) is 5.69 Å². The summed E-state index contributed by atoms with van der Waals surface area (Å²) >= 11 is 7.88. The normalized spacial score (nSPS) is 23.7. The molecule has 1 saturated heterocycles. The molecule has 3 atom stereocenters. The summed E-state index contributed by atoms with van der Waals surface area (Å²) in [5, 5.41) is 2.16. The molecule has 2 aliphatic heterocycles. The minimum Gasteiger partial charge on any atom is -0.463 e. The van der Waals surface area contributed by atoms with Gasteiger partial charge < -0.3 is 4.74 Å². The molecule has 11 rings (SSSR count). The summed E-state index contributed by atoms with van der Waals surface area (Å²) in [7, 11) is 0. The van der Waals surface area contributed by atoms with Crippen molar-refractivity contribution in [3.63, 3.8) is 0 Å². The van der Waals surface area contributed by atoms with Gasteiger partial charge in [-0.1, -0.05) is 126 Å². The van der Waals surface area contributed by atoms with Gasteiger partial charge in [-0.25, -0.2) is 14.7 Å². The lowest BCUT2D eigenvalue weighted by atomic mass is 9.47. The van der Waals surface area contributed by atoms with E-state index in [1.165, 1.54) is 16.2 Å². The van der Waals surface area contributed by atoms with Gasteiger partial charge >= 0.3 is 5.97 Å². The van der Waals surface area contributed by atoms with E-state index in [4.69, 9.17) is 21.3 Å². The van der Waals surface area contributed by atoms with Crippen molar-refractivity contribution in [2.24, 2.45) is 16.8 Å². The molecule has 1 fully saturated rings. The van der Waals surface area contributed by atoms with E-state index in [2.05, 4.69) is 0 Å². The van der Waals surface area contributed by atoms with Crippen LogP contribution in [0.1, 0.15) is 53.6 Å². The number of fused-ring (bicyclic) bond motifs is 2. The molecule has 0 spiro atoms. The van der Waals surface area contributed by atoms with Crippen LogP contribution in [0, 0.1) is 11.8 Å². The van der Waals surface area contributed by atoms with Gasteiger partial charge in [0.1, 0.15) is 0 Å². The van der Waals surface area contributed by atoms with Gasteiger partial charge in [0.15, 0.2) is 4.80 Å². The minimum absolute atomic E-state index is 0.158. The number of para-hydroxylation sites is 1. The zero-order valence-electron chi connectivity index (χ0n) is 29.7. The third kappa shape index (κ3) is 4.54. The predicted octanol–water partition coefficient (Wildman–Crippen LogP) is 6.81. The lowest BCUT2D eigenvalue weighted by Gasteiger charge is -2.53. The van der Waals surface area contributed by atoms with Crippen LogP contribution < -0.4 is 19.8 Å². The molecule has 1 aromatic heterocycles. The molecule has 10 heteroatoms. The molecular weight excluding hydrogens is 730 g/mol. The Morgan fingerprint density at radius 1 is 0.836 bits per heavy atom. The van der Waals surface area contributed by atoms with E-state index in [0.717, 1.165) is 38.6 Å². The van der Waals surface area contributed by atoms with Crippen LogP contribution >= 0.6 is 22.9 Å². The highest BCUT2D eigenvalue weighted by Crippen LogP contribution is 2.65. The van der Waals surface area contributed by atoms with Crippen molar-refractivity contribution < 1.29 is 19.1 Å². The summed E-state index contributed by atoms with van der Waals surface area (Å²) in [5.41, 5.74) is 3.94. The number of ether oxygens (including phenoxy) is 1. The van der Waals surface area contributed by atoms with Crippen LogP contribution in [-0.4, -0.2) is 29.0 Å². The first-order valence-electron chi connectivity index (χ1n) is 18.3. The van der Waals surface area contributed by atoms with Gasteiger partial charge in [0, 0.05) is 5.92 Å². The van der Waals surface area contributed by atoms with Crippen molar-refractivity contribution in [1.82, 2.24) is 4.57 Å². The topological polar surface area (TPSA) is 98.0 Å². The van der Waals surface area contributed by atoms with Gasteiger partial charge in [0.2, 0.25) is 11.8 Å². The van der Waals surface area contributed by atoms with Gasteiger partial charge in [-0.2, -0.15) is 0 Å². The number of hydrogen-bond acceptors (Lipinski definition) is 7. The summed E-state index contributed by atoms with van der Waals surface area (Å²) in [4.78, 5) is 65.3. The fourth-order valence-electron chi connectivity index (χ4n) is 9.73.